The quantitative estimate of drug-likeness (QED) is 0.0726. The molecule has 20 heteroatoms. The van der Waals surface area contributed by atoms with Crippen molar-refractivity contribution < 1.29 is 73.0 Å². The van der Waals surface area contributed by atoms with Gasteiger partial charge in [0.05, 0.1) is 23.7 Å². The molecule has 3 aliphatic heterocycles. The van der Waals surface area contributed by atoms with E-state index in [1.807, 2.05) is 0 Å². The van der Waals surface area contributed by atoms with Crippen molar-refractivity contribution in [1.82, 2.24) is 20.4 Å². The largest absolute Gasteiger partial charge is 0.479 e. The zero-order valence-corrected chi connectivity index (χ0v) is 36.2. The maximum Gasteiger partial charge on any atom is 0.335 e. The van der Waals surface area contributed by atoms with E-state index in [1.54, 1.807) is 60.6 Å². The SMILES string of the molecule is CCOC(C)[C@@H]1C[C@@H](N2C(=O)C=CC2=O)C(=O)N1CC(=O)N[C@H](C(=O)N[C@@H](C)C(=O)Nc1ccc(COC(=O)C(C)(C)C)c(CC[C@@H]2O[C@H](C(=O)O)[C@@H](O)[C@H](O)[C@H]2O)c1)C(C)C. The number of esters is 1. The van der Waals surface area contributed by atoms with E-state index in [-0.39, 0.29) is 31.6 Å². The molecule has 1 aromatic carbocycles. The number of anilines is 1. The van der Waals surface area contributed by atoms with Crippen LogP contribution in [0.3, 0.4) is 0 Å². The number of carboxylic acid groups (broad SMARTS) is 1. The number of amides is 6. The lowest BCUT2D eigenvalue weighted by Crippen LogP contribution is -2.59. The zero-order chi connectivity index (χ0) is 46.4. The number of likely N-dealkylation sites (tertiary alicyclic amines) is 1. The van der Waals surface area contributed by atoms with Crippen molar-refractivity contribution in [2.45, 2.75) is 142 Å². The first-order chi connectivity index (χ1) is 29.0. The van der Waals surface area contributed by atoms with Crippen molar-refractivity contribution in [2.24, 2.45) is 11.3 Å². The van der Waals surface area contributed by atoms with Gasteiger partial charge in [-0.1, -0.05) is 19.9 Å². The molecule has 0 bridgehead atoms. The molecule has 3 heterocycles. The minimum absolute atomic E-state index is 0.0441. The highest BCUT2D eigenvalue weighted by molar-refractivity contribution is 6.15. The summed E-state index contributed by atoms with van der Waals surface area (Å²) in [6.07, 6.45) is -6.62. The number of aliphatic carboxylic acids is 1. The van der Waals surface area contributed by atoms with Crippen LogP contribution in [0.4, 0.5) is 5.69 Å². The highest BCUT2D eigenvalue weighted by Gasteiger charge is 2.49. The van der Waals surface area contributed by atoms with Crippen molar-refractivity contribution in [3.05, 3.63) is 41.5 Å². The summed E-state index contributed by atoms with van der Waals surface area (Å²) < 4.78 is 16.7. The lowest BCUT2D eigenvalue weighted by atomic mass is 9.91. The van der Waals surface area contributed by atoms with E-state index in [1.165, 1.54) is 17.9 Å². The van der Waals surface area contributed by atoms with Gasteiger partial charge in [-0.25, -0.2) is 4.79 Å². The van der Waals surface area contributed by atoms with Crippen molar-refractivity contribution in [3.63, 3.8) is 0 Å². The zero-order valence-electron chi connectivity index (χ0n) is 36.2. The number of aliphatic hydroxyl groups is 3. The minimum Gasteiger partial charge on any atom is -0.479 e. The third-order valence-corrected chi connectivity index (χ3v) is 11.0. The number of hydrogen-bond acceptors (Lipinski definition) is 14. The van der Waals surface area contributed by atoms with E-state index in [0.29, 0.717) is 17.7 Å². The fourth-order valence-corrected chi connectivity index (χ4v) is 7.42. The summed E-state index contributed by atoms with van der Waals surface area (Å²) in [4.78, 5) is 105. The number of hydrogen-bond donors (Lipinski definition) is 7. The van der Waals surface area contributed by atoms with Gasteiger partial charge in [0.15, 0.2) is 6.10 Å². The average molecular weight is 874 g/mol. The number of carbonyl (C=O) groups excluding carboxylic acids is 7. The Kier molecular flexibility index (Phi) is 16.5. The van der Waals surface area contributed by atoms with Gasteiger partial charge in [0.25, 0.3) is 11.8 Å². The van der Waals surface area contributed by atoms with Gasteiger partial charge in [0.2, 0.25) is 23.6 Å². The Morgan fingerprint density at radius 1 is 0.903 bits per heavy atom. The van der Waals surface area contributed by atoms with E-state index in [9.17, 15) is 58.8 Å². The van der Waals surface area contributed by atoms with E-state index < -0.39 is 126 Å². The maximum absolute atomic E-state index is 13.6. The predicted molar refractivity (Wildman–Crippen MR) is 217 cm³/mol. The Morgan fingerprint density at radius 2 is 1.55 bits per heavy atom. The van der Waals surface area contributed by atoms with Gasteiger partial charge in [-0.2, -0.15) is 0 Å². The number of carbonyl (C=O) groups is 8. The smallest absolute Gasteiger partial charge is 0.335 e. The molecule has 0 spiro atoms. The number of rotatable bonds is 18. The average Bonchev–Trinajstić information content (AvgIpc) is 3.69. The molecular weight excluding hydrogens is 814 g/mol. The highest BCUT2D eigenvalue weighted by Crippen LogP contribution is 2.30. The summed E-state index contributed by atoms with van der Waals surface area (Å²) in [5, 5.41) is 48.4. The van der Waals surface area contributed by atoms with Gasteiger partial charge < -0.3 is 55.5 Å². The topological polar surface area (TPSA) is 288 Å². The molecule has 2 fully saturated rings. The van der Waals surface area contributed by atoms with Crippen LogP contribution >= 0.6 is 0 Å². The van der Waals surface area contributed by atoms with Gasteiger partial charge >= 0.3 is 11.9 Å². The first kappa shape index (κ1) is 49.4. The molecule has 342 valence electrons. The molecule has 20 nitrogen and oxygen atoms in total. The van der Waals surface area contributed by atoms with Crippen LogP contribution < -0.4 is 16.0 Å². The molecule has 2 saturated heterocycles. The van der Waals surface area contributed by atoms with Crippen molar-refractivity contribution >= 4 is 53.1 Å². The Bertz CT molecular complexity index is 1900. The van der Waals surface area contributed by atoms with Gasteiger partial charge in [0, 0.05) is 30.9 Å². The second-order valence-electron chi connectivity index (χ2n) is 17.1. The van der Waals surface area contributed by atoms with Gasteiger partial charge in [0.1, 0.15) is 49.6 Å². The summed E-state index contributed by atoms with van der Waals surface area (Å²) in [5.74, 6) is -6.45. The normalized spacial score (nSPS) is 25.4. The van der Waals surface area contributed by atoms with Crippen molar-refractivity contribution in [1.29, 1.82) is 0 Å². The molecule has 4 rings (SSSR count). The number of benzene rings is 1. The van der Waals surface area contributed by atoms with Crippen LogP contribution in [0.5, 0.6) is 0 Å². The predicted octanol–water partition coefficient (Wildman–Crippen LogP) is -0.453. The third-order valence-electron chi connectivity index (χ3n) is 11.0. The molecule has 0 radical (unpaired) electrons. The lowest BCUT2D eigenvalue weighted by Gasteiger charge is -2.39. The highest BCUT2D eigenvalue weighted by atomic mass is 16.6. The molecule has 10 atom stereocenters. The molecule has 0 aromatic heterocycles. The number of nitrogens with zero attached hydrogens (tertiary/aromatic N) is 2. The van der Waals surface area contributed by atoms with Gasteiger partial charge in [-0.05, 0) is 83.6 Å². The van der Waals surface area contributed by atoms with Crippen LogP contribution in [-0.4, -0.2) is 152 Å². The number of carboxylic acids is 1. The van der Waals surface area contributed by atoms with E-state index >= 15 is 0 Å². The van der Waals surface area contributed by atoms with Gasteiger partial charge in [-0.3, -0.25) is 38.5 Å². The Balaban J connectivity index is 1.44. The second-order valence-corrected chi connectivity index (χ2v) is 17.1. The molecule has 7 N–H and O–H groups in total. The third kappa shape index (κ3) is 11.8. The molecule has 0 aliphatic carbocycles. The Morgan fingerprint density at radius 3 is 2.13 bits per heavy atom. The maximum atomic E-state index is 13.6. The summed E-state index contributed by atoms with van der Waals surface area (Å²) in [7, 11) is 0. The first-order valence-electron chi connectivity index (χ1n) is 20.6. The molecule has 3 aliphatic rings. The number of aliphatic hydroxyl groups excluding tert-OH is 3. The van der Waals surface area contributed by atoms with Crippen LogP contribution in [0.1, 0.15) is 79.4 Å². The Hall–Kier alpha value is -5.28. The molecule has 62 heavy (non-hydrogen) atoms. The molecular formula is C42H59N5O15. The fraction of sp³-hybridized carbons (Fsp3) is 0.619. The van der Waals surface area contributed by atoms with Crippen LogP contribution in [0, 0.1) is 11.3 Å². The summed E-state index contributed by atoms with van der Waals surface area (Å²) in [6, 6.07) is 0.590. The van der Waals surface area contributed by atoms with Crippen LogP contribution in [0.2, 0.25) is 0 Å². The van der Waals surface area contributed by atoms with Crippen LogP contribution in [-0.2, 0) is 65.6 Å². The number of ether oxygens (including phenoxy) is 3. The standard InChI is InChI=1S/C42H59N5O15/c1-9-60-22(5)26-17-27(47-30(49)14-15-31(47)50)39(56)46(26)18-29(48)45-32(20(2)3)38(55)43-21(4)37(54)44-25-12-10-24(19-61-41(59)42(6,7)8)23(16-25)11-13-28-33(51)34(52)35(53)36(62-28)40(57)58/h10,12,14-16,20-22,26-28,32-36,51-53H,9,11,13,17-19H2,1-8H3,(H,43,55)(H,44,54)(H,45,48)(H,57,58)/t21-,22?,26-,27+,28-,32-,33-,34+,35-,36-/m0/s1. The molecule has 1 aromatic rings. The first-order valence-corrected chi connectivity index (χ1v) is 20.6. The number of nitrogens with one attached hydrogen (secondary N) is 3. The number of imide groups is 1. The molecule has 6 amide bonds. The summed E-state index contributed by atoms with van der Waals surface area (Å²) >= 11 is 0. The van der Waals surface area contributed by atoms with Crippen molar-refractivity contribution in [2.75, 3.05) is 18.5 Å². The van der Waals surface area contributed by atoms with Crippen molar-refractivity contribution in [3.8, 4) is 0 Å². The lowest BCUT2D eigenvalue weighted by molar-refractivity contribution is -0.228. The monoisotopic (exact) mass is 873 g/mol. The minimum atomic E-state index is -1.86. The number of aryl methyl sites for hydroxylation is 1. The summed E-state index contributed by atoms with van der Waals surface area (Å²) in [5.41, 5.74) is 0.460. The summed E-state index contributed by atoms with van der Waals surface area (Å²) in [6.45, 7) is 12.9. The molecule has 0 saturated carbocycles. The van der Waals surface area contributed by atoms with E-state index in [0.717, 1.165) is 17.1 Å². The van der Waals surface area contributed by atoms with Crippen LogP contribution in [0.25, 0.3) is 0 Å². The Labute approximate surface area is 359 Å². The van der Waals surface area contributed by atoms with Crippen LogP contribution in [0.15, 0.2) is 30.4 Å². The van der Waals surface area contributed by atoms with E-state index in [4.69, 9.17) is 14.2 Å². The van der Waals surface area contributed by atoms with Gasteiger partial charge in [-0.15, -0.1) is 0 Å². The molecule has 1 unspecified atom stereocenters. The second kappa shape index (κ2) is 20.7. The fourth-order valence-electron chi connectivity index (χ4n) is 7.42. The van der Waals surface area contributed by atoms with E-state index in [2.05, 4.69) is 16.0 Å².